The number of rotatable bonds is 6. The molecule has 1 saturated heterocycles. The topological polar surface area (TPSA) is 129 Å². The minimum atomic E-state index is -5.08. The minimum absolute atomic E-state index is 0.205. The summed E-state index contributed by atoms with van der Waals surface area (Å²) in [5, 5.41) is 27.1. The van der Waals surface area contributed by atoms with Crippen molar-refractivity contribution in [2.45, 2.75) is 37.6 Å². The smallest absolute Gasteiger partial charge is 0.485 e. The van der Waals surface area contributed by atoms with E-state index in [-0.39, 0.29) is 6.61 Å². The average molecular weight is 481 g/mol. The average Bonchev–Trinajstić information content (AvgIpc) is 3.16. The van der Waals surface area contributed by atoms with Gasteiger partial charge in [0.05, 0.1) is 0 Å². The number of nitrogens with zero attached hydrogens (tertiary/aromatic N) is 6. The van der Waals surface area contributed by atoms with Gasteiger partial charge in [-0.05, 0) is 30.7 Å². The lowest BCUT2D eigenvalue weighted by molar-refractivity contribution is -0.192. The van der Waals surface area contributed by atoms with Crippen molar-refractivity contribution in [2.75, 3.05) is 13.1 Å². The summed E-state index contributed by atoms with van der Waals surface area (Å²) in [6.45, 7) is 1.72. The van der Waals surface area contributed by atoms with E-state index in [1.54, 1.807) is 0 Å². The molecule has 1 unspecified atom stereocenters. The largest absolute Gasteiger partial charge is 0.490 e. The Morgan fingerprint density at radius 2 is 1.82 bits per heavy atom. The van der Waals surface area contributed by atoms with Crippen molar-refractivity contribution < 1.29 is 41.0 Å². The maximum Gasteiger partial charge on any atom is 0.490 e. The Balaban J connectivity index is 0.000000383. The van der Waals surface area contributed by atoms with Crippen molar-refractivity contribution in [3.8, 4) is 5.75 Å². The molecule has 10 nitrogen and oxygen atoms in total. The number of ether oxygens (including phenoxy) is 1. The molecule has 2 aliphatic heterocycles. The standard InChI is InChI=1S/C15H16F3N7O.C2HF3O2/c16-15(17,18)14(21-22-14)11-5-6-25(8-11)7-10-1-3-12(4-2-10)26-9-13-19-23-24-20-13;3-2(4,5)1(6)7/h1-4,11H,5-9H2,(H,19,20,23,24);(H,6,7). The Bertz CT molecular complexity index is 957. The van der Waals surface area contributed by atoms with Crippen LogP contribution in [0.25, 0.3) is 0 Å². The fourth-order valence-electron chi connectivity index (χ4n) is 3.21. The van der Waals surface area contributed by atoms with Crippen LogP contribution in [-0.2, 0) is 17.9 Å². The van der Waals surface area contributed by atoms with Crippen molar-refractivity contribution in [1.29, 1.82) is 0 Å². The third-order valence-corrected chi connectivity index (χ3v) is 4.90. The fraction of sp³-hybridized carbons (Fsp3) is 0.529. The van der Waals surface area contributed by atoms with Crippen molar-refractivity contribution >= 4 is 5.97 Å². The quantitative estimate of drug-likeness (QED) is 0.607. The predicted octanol–water partition coefficient (Wildman–Crippen LogP) is 2.96. The van der Waals surface area contributed by atoms with Crippen LogP contribution >= 0.6 is 0 Å². The number of hydrogen-bond acceptors (Lipinski definition) is 8. The SMILES string of the molecule is FC(F)(F)C1(C2CCN(Cc3ccc(OCc4nn[nH]n4)cc3)C2)N=N1.O=C(O)C(F)(F)F. The lowest BCUT2D eigenvalue weighted by Crippen LogP contribution is -2.41. The molecule has 1 aromatic carbocycles. The Labute approximate surface area is 181 Å². The zero-order valence-corrected chi connectivity index (χ0v) is 16.6. The van der Waals surface area contributed by atoms with Gasteiger partial charge in [0.2, 0.25) is 5.82 Å². The zero-order chi connectivity index (χ0) is 24.3. The van der Waals surface area contributed by atoms with E-state index in [0.29, 0.717) is 37.6 Å². The van der Waals surface area contributed by atoms with Crippen molar-refractivity contribution in [2.24, 2.45) is 16.1 Å². The number of alkyl halides is 6. The van der Waals surface area contributed by atoms with E-state index in [1.807, 2.05) is 29.2 Å². The number of aromatic amines is 1. The third-order valence-electron chi connectivity index (χ3n) is 4.90. The van der Waals surface area contributed by atoms with Gasteiger partial charge in [-0.25, -0.2) is 4.79 Å². The highest BCUT2D eigenvalue weighted by Gasteiger charge is 2.68. The van der Waals surface area contributed by atoms with Gasteiger partial charge in [0.15, 0.2) is 6.61 Å². The van der Waals surface area contributed by atoms with Crippen LogP contribution in [0.1, 0.15) is 17.8 Å². The third kappa shape index (κ3) is 6.15. The molecule has 0 spiro atoms. The van der Waals surface area contributed by atoms with Crippen molar-refractivity contribution in [3.05, 3.63) is 35.7 Å². The molecule has 0 radical (unpaired) electrons. The molecule has 3 heterocycles. The Morgan fingerprint density at radius 3 is 2.30 bits per heavy atom. The first-order valence-electron chi connectivity index (χ1n) is 9.38. The fourth-order valence-corrected chi connectivity index (χ4v) is 3.21. The second-order valence-electron chi connectivity index (χ2n) is 7.21. The predicted molar refractivity (Wildman–Crippen MR) is 95.7 cm³/mol. The molecule has 0 amide bonds. The first kappa shape index (κ1) is 24.3. The summed E-state index contributed by atoms with van der Waals surface area (Å²) >= 11 is 0. The Hall–Kier alpha value is -3.30. The van der Waals surface area contributed by atoms with Gasteiger partial charge in [0, 0.05) is 19.0 Å². The molecule has 1 aromatic heterocycles. The number of H-pyrrole nitrogens is 1. The molecule has 16 heteroatoms. The second-order valence-corrected chi connectivity index (χ2v) is 7.21. The number of carboxylic acid groups (broad SMARTS) is 1. The molecule has 0 bridgehead atoms. The number of hydrogen-bond donors (Lipinski definition) is 2. The summed E-state index contributed by atoms with van der Waals surface area (Å²) in [5.74, 6) is -2.25. The van der Waals surface area contributed by atoms with Crippen LogP contribution in [-0.4, -0.2) is 67.7 Å². The molecule has 4 rings (SSSR count). The number of aliphatic carboxylic acids is 1. The minimum Gasteiger partial charge on any atom is -0.485 e. The Kier molecular flexibility index (Phi) is 6.85. The molecule has 33 heavy (non-hydrogen) atoms. The van der Waals surface area contributed by atoms with E-state index in [4.69, 9.17) is 14.6 Å². The number of benzene rings is 1. The van der Waals surface area contributed by atoms with E-state index in [0.717, 1.165) is 5.56 Å². The summed E-state index contributed by atoms with van der Waals surface area (Å²) in [5.41, 5.74) is -1.16. The summed E-state index contributed by atoms with van der Waals surface area (Å²) in [6.07, 6.45) is -9.04. The Morgan fingerprint density at radius 1 is 1.18 bits per heavy atom. The van der Waals surface area contributed by atoms with Crippen LogP contribution in [0.3, 0.4) is 0 Å². The molecule has 2 N–H and O–H groups in total. The molecule has 1 atom stereocenters. The highest BCUT2D eigenvalue weighted by molar-refractivity contribution is 5.73. The monoisotopic (exact) mass is 481 g/mol. The van der Waals surface area contributed by atoms with E-state index in [2.05, 4.69) is 30.9 Å². The normalized spacial score (nSPS) is 19.6. The van der Waals surface area contributed by atoms with Gasteiger partial charge in [-0.3, -0.25) is 4.90 Å². The van der Waals surface area contributed by atoms with Crippen LogP contribution in [0.4, 0.5) is 26.3 Å². The molecule has 0 saturated carbocycles. The van der Waals surface area contributed by atoms with Crippen molar-refractivity contribution in [1.82, 2.24) is 25.5 Å². The molecule has 2 aliphatic rings. The van der Waals surface area contributed by atoms with Gasteiger partial charge in [-0.1, -0.05) is 17.3 Å². The first-order chi connectivity index (χ1) is 15.4. The van der Waals surface area contributed by atoms with Crippen LogP contribution in [0, 0.1) is 5.92 Å². The molecule has 2 aromatic rings. The van der Waals surface area contributed by atoms with Gasteiger partial charge < -0.3 is 9.84 Å². The van der Waals surface area contributed by atoms with Gasteiger partial charge in [-0.2, -0.15) is 31.6 Å². The molecule has 180 valence electrons. The maximum atomic E-state index is 13.1. The first-order valence-corrected chi connectivity index (χ1v) is 9.38. The summed E-state index contributed by atoms with van der Waals surface area (Å²) in [7, 11) is 0. The number of halogens is 6. The number of carboxylic acids is 1. The second kappa shape index (κ2) is 9.29. The van der Waals surface area contributed by atoms with Crippen molar-refractivity contribution in [3.63, 3.8) is 0 Å². The van der Waals surface area contributed by atoms with Gasteiger partial charge in [0.1, 0.15) is 5.75 Å². The van der Waals surface area contributed by atoms with Crippen LogP contribution in [0.15, 0.2) is 34.5 Å². The lowest BCUT2D eigenvalue weighted by atomic mass is 9.95. The highest BCUT2D eigenvalue weighted by Crippen LogP contribution is 2.52. The summed E-state index contributed by atoms with van der Waals surface area (Å²) in [4.78, 5) is 10.9. The zero-order valence-electron chi connectivity index (χ0n) is 16.6. The number of likely N-dealkylation sites (tertiary alicyclic amines) is 1. The molecular formula is C17H17F6N7O3. The van der Waals surface area contributed by atoms with Crippen LogP contribution < -0.4 is 4.74 Å². The van der Waals surface area contributed by atoms with Gasteiger partial charge in [-0.15, -0.1) is 20.4 Å². The van der Waals surface area contributed by atoms with Gasteiger partial charge in [0.25, 0.3) is 5.66 Å². The van der Waals surface area contributed by atoms with Gasteiger partial charge >= 0.3 is 18.3 Å². The van der Waals surface area contributed by atoms with E-state index >= 15 is 0 Å². The highest BCUT2D eigenvalue weighted by atomic mass is 19.4. The number of carbonyl (C=O) groups is 1. The molecule has 0 aliphatic carbocycles. The summed E-state index contributed by atoms with van der Waals surface area (Å²) in [6, 6.07) is 7.41. The van der Waals surface area contributed by atoms with E-state index in [1.165, 1.54) is 0 Å². The molecular weight excluding hydrogens is 464 g/mol. The summed E-state index contributed by atoms with van der Waals surface area (Å²) < 4.78 is 76.5. The van der Waals surface area contributed by atoms with E-state index < -0.39 is 29.9 Å². The van der Waals surface area contributed by atoms with Crippen LogP contribution in [0.5, 0.6) is 5.75 Å². The van der Waals surface area contributed by atoms with Crippen LogP contribution in [0.2, 0.25) is 0 Å². The molecule has 1 fully saturated rings. The number of nitrogens with one attached hydrogen (secondary N) is 1. The number of aromatic nitrogens is 4. The lowest BCUT2D eigenvalue weighted by Gasteiger charge is -2.21. The number of tetrazole rings is 1. The van der Waals surface area contributed by atoms with E-state index in [9.17, 15) is 26.3 Å². The maximum absolute atomic E-state index is 13.1.